The normalized spacial score (nSPS) is 33.0. The van der Waals surface area contributed by atoms with E-state index in [9.17, 15) is 14.7 Å². The summed E-state index contributed by atoms with van der Waals surface area (Å²) in [5.74, 6) is -1.10. The number of carboxylic acid groups (broad SMARTS) is 1. The van der Waals surface area contributed by atoms with Gasteiger partial charge in [-0.3, -0.25) is 0 Å². The van der Waals surface area contributed by atoms with Gasteiger partial charge in [0.25, 0.3) is 0 Å². The fourth-order valence-electron chi connectivity index (χ4n) is 3.21. The highest BCUT2D eigenvalue weighted by Gasteiger charge is 2.36. The Bertz CT molecular complexity index is 622. The van der Waals surface area contributed by atoms with Crippen LogP contribution in [0.5, 0.6) is 0 Å². The van der Waals surface area contributed by atoms with Gasteiger partial charge in [-0.25, -0.2) is 9.59 Å². The van der Waals surface area contributed by atoms with Crippen LogP contribution in [0.15, 0.2) is 47.1 Å². The topological polar surface area (TPSA) is 63.6 Å². The van der Waals surface area contributed by atoms with Crippen molar-refractivity contribution in [2.24, 2.45) is 5.92 Å². The van der Waals surface area contributed by atoms with Gasteiger partial charge in [0.2, 0.25) is 0 Å². The molecule has 24 heavy (non-hydrogen) atoms. The quantitative estimate of drug-likeness (QED) is 0.441. The third-order valence-corrected chi connectivity index (χ3v) is 4.76. The summed E-state index contributed by atoms with van der Waals surface area (Å²) in [6.07, 6.45) is 10.1. The van der Waals surface area contributed by atoms with E-state index in [1.54, 1.807) is 0 Å². The fraction of sp³-hybridized carbons (Fsp3) is 0.500. The van der Waals surface area contributed by atoms with Crippen LogP contribution in [0.4, 0.5) is 0 Å². The molecule has 0 aromatic heterocycles. The Morgan fingerprint density at radius 3 is 2.58 bits per heavy atom. The number of ether oxygens (including phenoxy) is 1. The lowest BCUT2D eigenvalue weighted by atomic mass is 9.89. The molecule has 0 saturated carbocycles. The second kappa shape index (κ2) is 8.13. The Labute approximate surface area is 143 Å². The number of allylic oxidation sites excluding steroid dienone is 4. The van der Waals surface area contributed by atoms with Gasteiger partial charge in [-0.15, -0.1) is 0 Å². The molecule has 0 amide bonds. The largest absolute Gasteiger partial charge is 0.478 e. The molecule has 1 aliphatic heterocycles. The SMILES string of the molecule is C=C1C(=O)O[C@@H]2/C=C(/C)CC/C=C(/C(=O)O)CC/C=C(/C)CC[C@H]12. The number of hydrogen-bond donors (Lipinski definition) is 1. The van der Waals surface area contributed by atoms with Crippen molar-refractivity contribution in [2.45, 2.75) is 58.5 Å². The summed E-state index contributed by atoms with van der Waals surface area (Å²) in [5.41, 5.74) is 3.36. The zero-order valence-electron chi connectivity index (χ0n) is 14.5. The van der Waals surface area contributed by atoms with Gasteiger partial charge in [0, 0.05) is 17.1 Å². The Balaban J connectivity index is 2.23. The molecular weight excluding hydrogens is 304 g/mol. The molecule has 0 aromatic rings. The molecule has 0 aromatic carbocycles. The first-order chi connectivity index (χ1) is 11.4. The van der Waals surface area contributed by atoms with E-state index in [2.05, 4.69) is 12.7 Å². The number of fused-ring (bicyclic) bond motifs is 1. The molecule has 0 unspecified atom stereocenters. The van der Waals surface area contributed by atoms with Crippen molar-refractivity contribution in [2.75, 3.05) is 0 Å². The number of carboxylic acids is 1. The van der Waals surface area contributed by atoms with Crippen LogP contribution in [0.3, 0.4) is 0 Å². The van der Waals surface area contributed by atoms with Crippen molar-refractivity contribution in [3.63, 3.8) is 0 Å². The molecule has 130 valence electrons. The minimum atomic E-state index is -0.837. The number of esters is 1. The third-order valence-electron chi connectivity index (χ3n) is 4.76. The molecule has 1 heterocycles. The Kier molecular flexibility index (Phi) is 6.18. The van der Waals surface area contributed by atoms with Crippen molar-refractivity contribution in [1.29, 1.82) is 0 Å². The highest BCUT2D eigenvalue weighted by Crippen LogP contribution is 2.33. The van der Waals surface area contributed by atoms with Gasteiger partial charge in [0.1, 0.15) is 6.10 Å². The Hall–Kier alpha value is -2.10. The first kappa shape index (κ1) is 18.2. The first-order valence-corrected chi connectivity index (χ1v) is 8.53. The third kappa shape index (κ3) is 4.70. The van der Waals surface area contributed by atoms with Gasteiger partial charge in [-0.1, -0.05) is 29.9 Å². The Morgan fingerprint density at radius 2 is 1.88 bits per heavy atom. The van der Waals surface area contributed by atoms with E-state index in [1.807, 2.05) is 26.0 Å². The molecule has 1 fully saturated rings. The Morgan fingerprint density at radius 1 is 1.17 bits per heavy atom. The van der Waals surface area contributed by atoms with Crippen molar-refractivity contribution in [1.82, 2.24) is 0 Å². The molecule has 4 nitrogen and oxygen atoms in total. The van der Waals surface area contributed by atoms with Crippen LogP contribution in [-0.2, 0) is 14.3 Å². The van der Waals surface area contributed by atoms with Crippen LogP contribution >= 0.6 is 0 Å². The second-order valence-electron chi connectivity index (χ2n) is 6.72. The summed E-state index contributed by atoms with van der Waals surface area (Å²) in [5, 5.41) is 9.29. The lowest BCUT2D eigenvalue weighted by Crippen LogP contribution is -2.15. The molecule has 1 N–H and O–H groups in total. The average Bonchev–Trinajstić information content (AvgIpc) is 2.77. The van der Waals surface area contributed by atoms with Crippen molar-refractivity contribution in [3.8, 4) is 0 Å². The number of hydrogen-bond acceptors (Lipinski definition) is 3. The highest BCUT2D eigenvalue weighted by atomic mass is 16.5. The average molecular weight is 330 g/mol. The van der Waals surface area contributed by atoms with E-state index in [1.165, 1.54) is 5.57 Å². The molecule has 2 rings (SSSR count). The number of carbonyl (C=O) groups is 2. The summed E-state index contributed by atoms with van der Waals surface area (Å²) < 4.78 is 5.46. The van der Waals surface area contributed by atoms with Gasteiger partial charge < -0.3 is 9.84 Å². The maximum absolute atomic E-state index is 11.8. The van der Waals surface area contributed by atoms with Crippen LogP contribution in [0.2, 0.25) is 0 Å². The molecule has 1 aliphatic carbocycles. The van der Waals surface area contributed by atoms with Crippen LogP contribution in [0, 0.1) is 5.92 Å². The molecule has 0 radical (unpaired) electrons. The van der Waals surface area contributed by atoms with Crippen LogP contribution in [0.25, 0.3) is 0 Å². The summed E-state index contributed by atoms with van der Waals surface area (Å²) in [4.78, 5) is 23.2. The number of aliphatic carboxylic acids is 1. The number of rotatable bonds is 1. The fourth-order valence-corrected chi connectivity index (χ4v) is 3.21. The van der Waals surface area contributed by atoms with E-state index >= 15 is 0 Å². The van der Waals surface area contributed by atoms with Crippen molar-refractivity contribution in [3.05, 3.63) is 47.1 Å². The monoisotopic (exact) mass is 330 g/mol. The minimum Gasteiger partial charge on any atom is -0.478 e. The van der Waals surface area contributed by atoms with Crippen LogP contribution < -0.4 is 0 Å². The van der Waals surface area contributed by atoms with E-state index < -0.39 is 5.97 Å². The summed E-state index contributed by atoms with van der Waals surface area (Å²) >= 11 is 0. The standard InChI is InChI=1S/C20H26O4/c1-13-6-4-8-16(19(21)22)9-5-7-14(2)12-18-17(11-10-13)15(3)20(23)24-18/h6,9,12,17-18H,3-5,7-8,10-11H2,1-2H3,(H,21,22)/b13-6-,14-12-,16-9+/t17-,18-/m1/s1. The lowest BCUT2D eigenvalue weighted by Gasteiger charge is -2.16. The lowest BCUT2D eigenvalue weighted by molar-refractivity contribution is -0.137. The maximum atomic E-state index is 11.8. The number of carbonyl (C=O) groups excluding carboxylic acids is 1. The predicted octanol–water partition coefficient (Wildman–Crippen LogP) is 4.34. The summed E-state index contributed by atoms with van der Waals surface area (Å²) in [6.45, 7) is 7.95. The van der Waals surface area contributed by atoms with Gasteiger partial charge in [-0.2, -0.15) is 0 Å². The molecule has 0 spiro atoms. The maximum Gasteiger partial charge on any atom is 0.334 e. The van der Waals surface area contributed by atoms with E-state index in [-0.39, 0.29) is 18.0 Å². The second-order valence-corrected chi connectivity index (χ2v) is 6.72. The molecule has 4 heteroatoms. The van der Waals surface area contributed by atoms with Crippen molar-refractivity contribution >= 4 is 11.9 Å². The van der Waals surface area contributed by atoms with E-state index in [4.69, 9.17) is 4.74 Å². The first-order valence-electron chi connectivity index (χ1n) is 8.53. The summed E-state index contributed by atoms with van der Waals surface area (Å²) in [7, 11) is 0. The zero-order chi connectivity index (χ0) is 17.7. The smallest absolute Gasteiger partial charge is 0.334 e. The minimum absolute atomic E-state index is 0.0314. The van der Waals surface area contributed by atoms with Crippen LogP contribution in [0.1, 0.15) is 52.4 Å². The summed E-state index contributed by atoms with van der Waals surface area (Å²) in [6, 6.07) is 0. The van der Waals surface area contributed by atoms with E-state index in [0.29, 0.717) is 24.0 Å². The zero-order valence-corrected chi connectivity index (χ0v) is 14.5. The predicted molar refractivity (Wildman–Crippen MR) is 93.4 cm³/mol. The highest BCUT2D eigenvalue weighted by molar-refractivity contribution is 5.91. The molecular formula is C20H26O4. The molecule has 2 atom stereocenters. The van der Waals surface area contributed by atoms with Gasteiger partial charge in [0.05, 0.1) is 0 Å². The van der Waals surface area contributed by atoms with E-state index in [0.717, 1.165) is 31.3 Å². The molecule has 2 aliphatic rings. The van der Waals surface area contributed by atoms with Gasteiger partial charge in [0.15, 0.2) is 0 Å². The van der Waals surface area contributed by atoms with Gasteiger partial charge in [-0.05, 0) is 58.4 Å². The van der Waals surface area contributed by atoms with Crippen molar-refractivity contribution < 1.29 is 19.4 Å². The molecule has 0 bridgehead atoms. The van der Waals surface area contributed by atoms with Gasteiger partial charge >= 0.3 is 11.9 Å². The van der Waals surface area contributed by atoms with Crippen LogP contribution in [-0.4, -0.2) is 23.1 Å². The molecule has 1 saturated heterocycles.